The molecule has 1 aromatic carbocycles. The average molecular weight is 424 g/mol. The van der Waals surface area contributed by atoms with Crippen molar-refractivity contribution in [3.63, 3.8) is 0 Å². The summed E-state index contributed by atoms with van der Waals surface area (Å²) in [5.41, 5.74) is 1.24. The molecule has 1 aliphatic rings. The van der Waals surface area contributed by atoms with Crippen LogP contribution in [0, 0.1) is 19.7 Å². The second-order valence-electron chi connectivity index (χ2n) is 7.02. The zero-order valence-corrected chi connectivity index (χ0v) is 17.8. The van der Waals surface area contributed by atoms with E-state index in [4.69, 9.17) is 4.74 Å². The Bertz CT molecular complexity index is 1040. The predicted molar refractivity (Wildman–Crippen MR) is 105 cm³/mol. The van der Waals surface area contributed by atoms with Gasteiger partial charge >= 0.3 is 0 Å². The number of carbonyl (C=O) groups excluding carboxylic acids is 1. The normalized spacial score (nSPS) is 16.0. The molecule has 0 unspecified atom stereocenters. The Balaban J connectivity index is 1.78. The molecule has 0 atom stereocenters. The van der Waals surface area contributed by atoms with E-state index in [9.17, 15) is 17.6 Å². The number of hydrogen-bond donors (Lipinski definition) is 0. The Morgan fingerprint density at radius 2 is 1.90 bits per heavy atom. The minimum atomic E-state index is -3.72. The molecule has 0 radical (unpaired) electrons. The molecule has 29 heavy (non-hydrogen) atoms. The lowest BCUT2D eigenvalue weighted by atomic mass is 10.1. The molecule has 0 spiro atoms. The van der Waals surface area contributed by atoms with E-state index in [-0.39, 0.29) is 35.2 Å². The van der Waals surface area contributed by atoms with Gasteiger partial charge in [-0.1, -0.05) is 0 Å². The van der Waals surface area contributed by atoms with Crippen LogP contribution in [-0.4, -0.2) is 66.6 Å². The molecule has 3 rings (SSSR count). The van der Waals surface area contributed by atoms with Gasteiger partial charge in [0.15, 0.2) is 11.6 Å². The average Bonchev–Trinajstić information content (AvgIpc) is 2.85. The molecule has 0 N–H and O–H groups in total. The summed E-state index contributed by atoms with van der Waals surface area (Å²) in [6, 6.07) is 4.06. The Morgan fingerprint density at radius 1 is 1.17 bits per heavy atom. The third kappa shape index (κ3) is 3.99. The van der Waals surface area contributed by atoms with Gasteiger partial charge < -0.3 is 9.64 Å². The standard InChI is InChI=1S/C19H25FN4O4S/c1-13-18(14(2)22(3)21-13)29(26,27)24-9-5-8-23(10-11-24)19(25)15-6-7-17(28-4)16(20)12-15/h6-7,12H,5,8-11H2,1-4H3. The Kier molecular flexibility index (Phi) is 5.95. The van der Waals surface area contributed by atoms with Gasteiger partial charge in [-0.15, -0.1) is 0 Å². The molecule has 1 saturated heterocycles. The molecule has 158 valence electrons. The van der Waals surface area contributed by atoms with E-state index in [1.807, 2.05) is 0 Å². The fraction of sp³-hybridized carbons (Fsp3) is 0.474. The number of amides is 1. The first-order chi connectivity index (χ1) is 13.7. The van der Waals surface area contributed by atoms with Crippen molar-refractivity contribution in [1.82, 2.24) is 19.0 Å². The van der Waals surface area contributed by atoms with E-state index in [0.29, 0.717) is 30.9 Å². The van der Waals surface area contributed by atoms with E-state index < -0.39 is 15.8 Å². The quantitative estimate of drug-likeness (QED) is 0.746. The highest BCUT2D eigenvalue weighted by atomic mass is 32.2. The largest absolute Gasteiger partial charge is 0.494 e. The smallest absolute Gasteiger partial charge is 0.254 e. The number of nitrogens with zero attached hydrogens (tertiary/aromatic N) is 4. The third-order valence-electron chi connectivity index (χ3n) is 5.18. The summed E-state index contributed by atoms with van der Waals surface area (Å²) in [4.78, 5) is 14.6. The number of sulfonamides is 1. The molecular weight excluding hydrogens is 399 g/mol. The fourth-order valence-electron chi connectivity index (χ4n) is 3.58. The highest BCUT2D eigenvalue weighted by molar-refractivity contribution is 7.89. The van der Waals surface area contributed by atoms with Gasteiger partial charge in [-0.25, -0.2) is 12.8 Å². The number of hydrogen-bond acceptors (Lipinski definition) is 5. The monoisotopic (exact) mass is 424 g/mol. The maximum Gasteiger partial charge on any atom is 0.254 e. The molecule has 2 heterocycles. The van der Waals surface area contributed by atoms with Gasteiger partial charge in [0.1, 0.15) is 4.90 Å². The van der Waals surface area contributed by atoms with Gasteiger partial charge in [0.05, 0.1) is 18.5 Å². The molecule has 8 nitrogen and oxygen atoms in total. The van der Waals surface area contributed by atoms with Crippen LogP contribution in [0.25, 0.3) is 0 Å². The second-order valence-corrected chi connectivity index (χ2v) is 8.90. The lowest BCUT2D eigenvalue weighted by molar-refractivity contribution is 0.0763. The molecule has 1 aliphatic heterocycles. The summed E-state index contributed by atoms with van der Waals surface area (Å²) in [6.45, 7) is 4.48. The fourth-order valence-corrected chi connectivity index (χ4v) is 5.45. The van der Waals surface area contributed by atoms with Crippen LogP contribution in [0.1, 0.15) is 28.2 Å². The SMILES string of the molecule is COc1ccc(C(=O)N2CCCN(S(=O)(=O)c3c(C)nn(C)c3C)CC2)cc1F. The summed E-state index contributed by atoms with van der Waals surface area (Å²) in [5.74, 6) is -0.878. The van der Waals surface area contributed by atoms with Gasteiger partial charge in [-0.05, 0) is 38.5 Å². The highest BCUT2D eigenvalue weighted by Gasteiger charge is 2.32. The van der Waals surface area contributed by atoms with Crippen LogP contribution in [0.4, 0.5) is 4.39 Å². The van der Waals surface area contributed by atoms with Crippen molar-refractivity contribution < 1.29 is 22.3 Å². The number of aryl methyl sites for hydroxylation is 2. The summed E-state index contributed by atoms with van der Waals surface area (Å²) in [7, 11) is -0.657. The lowest BCUT2D eigenvalue weighted by Gasteiger charge is -2.22. The van der Waals surface area contributed by atoms with Crippen molar-refractivity contribution in [2.75, 3.05) is 33.3 Å². The number of halogens is 1. The summed E-state index contributed by atoms with van der Waals surface area (Å²) in [6.07, 6.45) is 0.488. The maximum atomic E-state index is 14.0. The number of rotatable bonds is 4. The molecule has 0 bridgehead atoms. The molecule has 0 aliphatic carbocycles. The highest BCUT2D eigenvalue weighted by Crippen LogP contribution is 2.25. The minimum absolute atomic E-state index is 0.0666. The van der Waals surface area contributed by atoms with Crippen LogP contribution in [0.5, 0.6) is 5.75 Å². The van der Waals surface area contributed by atoms with Crippen molar-refractivity contribution >= 4 is 15.9 Å². The first kappa shape index (κ1) is 21.3. The predicted octanol–water partition coefficient (Wildman–Crippen LogP) is 1.72. The van der Waals surface area contributed by atoms with Gasteiger partial charge in [0, 0.05) is 38.8 Å². The van der Waals surface area contributed by atoms with Crippen LogP contribution in [-0.2, 0) is 17.1 Å². The molecular formula is C19H25FN4O4S. The number of benzene rings is 1. The van der Waals surface area contributed by atoms with Crippen LogP contribution >= 0.6 is 0 Å². The summed E-state index contributed by atoms with van der Waals surface area (Å²) in [5, 5.41) is 4.20. The number of carbonyl (C=O) groups is 1. The van der Waals surface area contributed by atoms with E-state index >= 15 is 0 Å². The van der Waals surface area contributed by atoms with Crippen molar-refractivity contribution in [3.8, 4) is 5.75 Å². The maximum absolute atomic E-state index is 14.0. The molecule has 10 heteroatoms. The molecule has 1 aromatic heterocycles. The molecule has 2 aromatic rings. The van der Waals surface area contributed by atoms with Crippen LogP contribution in [0.3, 0.4) is 0 Å². The minimum Gasteiger partial charge on any atom is -0.494 e. The zero-order valence-electron chi connectivity index (χ0n) is 17.0. The van der Waals surface area contributed by atoms with E-state index in [1.165, 1.54) is 23.5 Å². The van der Waals surface area contributed by atoms with E-state index in [2.05, 4.69) is 5.10 Å². The lowest BCUT2D eigenvalue weighted by Crippen LogP contribution is -2.37. The number of methoxy groups -OCH3 is 1. The van der Waals surface area contributed by atoms with Gasteiger partial charge in [0.25, 0.3) is 5.91 Å². The van der Waals surface area contributed by atoms with Crippen molar-refractivity contribution in [2.45, 2.75) is 25.2 Å². The Labute approximate surface area is 169 Å². The topological polar surface area (TPSA) is 84.7 Å². The summed E-state index contributed by atoms with van der Waals surface area (Å²) >= 11 is 0. The Hall–Kier alpha value is -2.46. The number of aromatic nitrogens is 2. The van der Waals surface area contributed by atoms with Gasteiger partial charge in [0.2, 0.25) is 10.0 Å². The van der Waals surface area contributed by atoms with Crippen molar-refractivity contribution in [1.29, 1.82) is 0 Å². The van der Waals surface area contributed by atoms with E-state index in [1.54, 1.807) is 30.5 Å². The second kappa shape index (κ2) is 8.11. The zero-order chi connectivity index (χ0) is 21.3. The van der Waals surface area contributed by atoms with Crippen LogP contribution < -0.4 is 4.74 Å². The van der Waals surface area contributed by atoms with Crippen LogP contribution in [0.15, 0.2) is 23.1 Å². The number of ether oxygens (including phenoxy) is 1. The van der Waals surface area contributed by atoms with Crippen molar-refractivity contribution in [2.24, 2.45) is 7.05 Å². The molecule has 1 amide bonds. The molecule has 1 fully saturated rings. The van der Waals surface area contributed by atoms with E-state index in [0.717, 1.165) is 6.07 Å². The first-order valence-corrected chi connectivity index (χ1v) is 10.7. The van der Waals surface area contributed by atoms with Crippen molar-refractivity contribution in [3.05, 3.63) is 41.0 Å². The summed E-state index contributed by atoms with van der Waals surface area (Å²) < 4.78 is 48.1. The van der Waals surface area contributed by atoms with Gasteiger partial charge in [-0.3, -0.25) is 9.48 Å². The first-order valence-electron chi connectivity index (χ1n) is 9.30. The van der Waals surface area contributed by atoms with Crippen LogP contribution in [0.2, 0.25) is 0 Å². The van der Waals surface area contributed by atoms with Gasteiger partial charge in [-0.2, -0.15) is 9.40 Å². The molecule has 0 saturated carbocycles. The Morgan fingerprint density at radius 3 is 2.48 bits per heavy atom. The third-order valence-corrected chi connectivity index (χ3v) is 7.33.